The zero-order chi connectivity index (χ0) is 23.7. The van der Waals surface area contributed by atoms with Crippen LogP contribution in [0, 0.1) is 0 Å². The molecular formula is C24H17ClN4O4S. The average Bonchev–Trinajstić information content (AvgIpc) is 3.53. The summed E-state index contributed by atoms with van der Waals surface area (Å²) in [6.07, 6.45) is 6.53. The number of rotatable bonds is 6. The first-order valence-corrected chi connectivity index (χ1v) is 12.0. The van der Waals surface area contributed by atoms with Gasteiger partial charge in [-0.05, 0) is 54.1 Å². The molecule has 0 spiro atoms. The van der Waals surface area contributed by atoms with Gasteiger partial charge in [0.2, 0.25) is 9.84 Å². The van der Waals surface area contributed by atoms with Crippen molar-refractivity contribution in [3.05, 3.63) is 102 Å². The van der Waals surface area contributed by atoms with E-state index in [2.05, 4.69) is 15.4 Å². The van der Waals surface area contributed by atoms with Crippen molar-refractivity contribution in [3.8, 4) is 5.69 Å². The molecule has 0 aliphatic rings. The fourth-order valence-electron chi connectivity index (χ4n) is 3.45. The van der Waals surface area contributed by atoms with Gasteiger partial charge in [-0.1, -0.05) is 23.7 Å². The smallest absolute Gasteiger partial charge is 0.287 e. The number of nitrogens with zero attached hydrogens (tertiary/aromatic N) is 3. The summed E-state index contributed by atoms with van der Waals surface area (Å²) in [5.41, 5.74) is 1.91. The third-order valence-electron chi connectivity index (χ3n) is 5.21. The van der Waals surface area contributed by atoms with Crippen LogP contribution in [0.5, 0.6) is 0 Å². The van der Waals surface area contributed by atoms with Crippen LogP contribution < -0.4 is 5.32 Å². The Morgan fingerprint density at radius 1 is 1.06 bits per heavy atom. The molecule has 3 heterocycles. The molecule has 10 heteroatoms. The highest BCUT2D eigenvalue weighted by molar-refractivity contribution is 7.91. The number of amides is 1. The van der Waals surface area contributed by atoms with Crippen molar-refractivity contribution in [1.29, 1.82) is 0 Å². The summed E-state index contributed by atoms with van der Waals surface area (Å²) in [6, 6.07) is 16.1. The lowest BCUT2D eigenvalue weighted by molar-refractivity contribution is 0.0925. The van der Waals surface area contributed by atoms with Crippen molar-refractivity contribution in [2.24, 2.45) is 0 Å². The molecule has 0 fully saturated rings. The molecule has 34 heavy (non-hydrogen) atoms. The number of sulfone groups is 1. The molecule has 5 aromatic rings. The van der Waals surface area contributed by atoms with E-state index in [0.29, 0.717) is 11.3 Å². The zero-order valence-electron chi connectivity index (χ0n) is 17.6. The van der Waals surface area contributed by atoms with E-state index in [1.165, 1.54) is 18.2 Å². The van der Waals surface area contributed by atoms with Crippen LogP contribution in [-0.4, -0.2) is 29.1 Å². The molecule has 170 valence electrons. The van der Waals surface area contributed by atoms with Crippen molar-refractivity contribution >= 4 is 38.3 Å². The molecule has 8 nitrogen and oxygen atoms in total. The Labute approximate surface area is 199 Å². The monoisotopic (exact) mass is 492 g/mol. The Hall–Kier alpha value is -3.95. The molecule has 0 bridgehead atoms. The van der Waals surface area contributed by atoms with Crippen molar-refractivity contribution < 1.29 is 17.6 Å². The third-order valence-corrected chi connectivity index (χ3v) is 7.46. The van der Waals surface area contributed by atoms with Crippen molar-refractivity contribution in [2.45, 2.75) is 16.3 Å². The van der Waals surface area contributed by atoms with Gasteiger partial charge in [0.05, 0.1) is 26.7 Å². The summed E-state index contributed by atoms with van der Waals surface area (Å²) in [6.45, 7) is 0.202. The normalized spacial score (nSPS) is 11.6. The van der Waals surface area contributed by atoms with E-state index in [4.69, 9.17) is 16.0 Å². The molecule has 2 aromatic carbocycles. The lowest BCUT2D eigenvalue weighted by atomic mass is 10.2. The summed E-state index contributed by atoms with van der Waals surface area (Å²) in [4.78, 5) is 16.5. The van der Waals surface area contributed by atoms with Crippen LogP contribution in [0.1, 0.15) is 16.1 Å². The summed E-state index contributed by atoms with van der Waals surface area (Å²) in [7, 11) is -3.83. The standard InChI is InChI=1S/C24H17ClN4O4S/c25-20-13-18(29-11-1-9-28-29)4-7-23(20)34(31,32)19-5-2-16(3-6-19)14-27-24(30)21-12-17-8-10-26-15-22(17)33-21/h1-13,15H,14H2,(H,27,30). The Morgan fingerprint density at radius 2 is 1.88 bits per heavy atom. The maximum atomic E-state index is 13.1. The Kier molecular flexibility index (Phi) is 5.64. The van der Waals surface area contributed by atoms with Gasteiger partial charge in [0.1, 0.15) is 0 Å². The number of hydrogen-bond acceptors (Lipinski definition) is 6. The molecule has 0 saturated heterocycles. The largest absolute Gasteiger partial charge is 0.449 e. The van der Waals surface area contributed by atoms with Gasteiger partial charge in [0.25, 0.3) is 5.91 Å². The Balaban J connectivity index is 1.30. The van der Waals surface area contributed by atoms with E-state index in [1.54, 1.807) is 71.9 Å². The minimum absolute atomic E-state index is 0.00509. The van der Waals surface area contributed by atoms with E-state index in [1.807, 2.05) is 0 Å². The third kappa shape index (κ3) is 4.18. The maximum absolute atomic E-state index is 13.1. The van der Waals surface area contributed by atoms with Crippen molar-refractivity contribution in [1.82, 2.24) is 20.1 Å². The van der Waals surface area contributed by atoms with E-state index in [9.17, 15) is 13.2 Å². The fourth-order valence-corrected chi connectivity index (χ4v) is 5.24. The first-order valence-electron chi connectivity index (χ1n) is 10.2. The topological polar surface area (TPSA) is 107 Å². The van der Waals surface area contributed by atoms with Crippen LogP contribution in [-0.2, 0) is 16.4 Å². The van der Waals surface area contributed by atoms with Gasteiger partial charge in [-0.25, -0.2) is 13.1 Å². The highest BCUT2D eigenvalue weighted by atomic mass is 35.5. The lowest BCUT2D eigenvalue weighted by Gasteiger charge is -2.10. The highest BCUT2D eigenvalue weighted by Crippen LogP contribution is 2.29. The number of fused-ring (bicyclic) bond motifs is 1. The average molecular weight is 493 g/mol. The molecule has 0 radical (unpaired) electrons. The Morgan fingerprint density at radius 3 is 2.59 bits per heavy atom. The number of hydrogen-bond donors (Lipinski definition) is 1. The zero-order valence-corrected chi connectivity index (χ0v) is 19.1. The number of carbonyl (C=O) groups excluding carboxylic acids is 1. The summed E-state index contributed by atoms with van der Waals surface area (Å²) >= 11 is 6.30. The van der Waals surface area contributed by atoms with Crippen molar-refractivity contribution in [2.75, 3.05) is 0 Å². The van der Waals surface area contributed by atoms with Crippen LogP contribution in [0.3, 0.4) is 0 Å². The summed E-state index contributed by atoms with van der Waals surface area (Å²) in [5, 5.41) is 7.77. The van der Waals surface area contributed by atoms with E-state index in [-0.39, 0.29) is 33.0 Å². The molecule has 0 aliphatic heterocycles. The van der Waals surface area contributed by atoms with Gasteiger partial charge in [0.15, 0.2) is 11.3 Å². The second kappa shape index (κ2) is 8.77. The molecule has 3 aromatic heterocycles. The van der Waals surface area contributed by atoms with E-state index < -0.39 is 9.84 Å². The van der Waals surface area contributed by atoms with Gasteiger partial charge in [-0.2, -0.15) is 5.10 Å². The van der Waals surface area contributed by atoms with Crippen LogP contribution in [0.4, 0.5) is 0 Å². The molecular weight excluding hydrogens is 476 g/mol. The number of halogens is 1. The van der Waals surface area contributed by atoms with Gasteiger partial charge < -0.3 is 9.73 Å². The number of carbonyl (C=O) groups is 1. The van der Waals surface area contributed by atoms with Gasteiger partial charge in [0, 0.05) is 30.5 Å². The minimum Gasteiger partial charge on any atom is -0.449 e. The first kappa shape index (κ1) is 21.9. The quantitative estimate of drug-likeness (QED) is 0.376. The predicted octanol–water partition coefficient (Wildman–Crippen LogP) is 4.43. The molecule has 5 rings (SSSR count). The molecule has 1 N–H and O–H groups in total. The molecule has 0 atom stereocenters. The van der Waals surface area contributed by atoms with Gasteiger partial charge >= 0.3 is 0 Å². The molecule has 0 unspecified atom stereocenters. The highest BCUT2D eigenvalue weighted by Gasteiger charge is 2.21. The van der Waals surface area contributed by atoms with Crippen LogP contribution in [0.15, 0.2) is 99.7 Å². The maximum Gasteiger partial charge on any atom is 0.287 e. The molecule has 0 aliphatic carbocycles. The van der Waals surface area contributed by atoms with E-state index in [0.717, 1.165) is 10.9 Å². The van der Waals surface area contributed by atoms with Crippen LogP contribution in [0.25, 0.3) is 16.7 Å². The first-order chi connectivity index (χ1) is 16.4. The predicted molar refractivity (Wildman–Crippen MR) is 126 cm³/mol. The SMILES string of the molecule is O=C(NCc1ccc(S(=O)(=O)c2ccc(-n3cccn3)cc2Cl)cc1)c1cc2ccncc2o1. The van der Waals surface area contributed by atoms with Crippen molar-refractivity contribution in [3.63, 3.8) is 0 Å². The summed E-state index contributed by atoms with van der Waals surface area (Å²) in [5.74, 6) is -0.202. The number of nitrogens with one attached hydrogen (secondary N) is 1. The second-order valence-electron chi connectivity index (χ2n) is 7.42. The van der Waals surface area contributed by atoms with E-state index >= 15 is 0 Å². The molecule has 0 saturated carbocycles. The summed E-state index contributed by atoms with van der Waals surface area (Å²) < 4.78 is 33.3. The fraction of sp³-hybridized carbons (Fsp3) is 0.0417. The molecule has 1 amide bonds. The van der Waals surface area contributed by atoms with Gasteiger partial charge in [-0.3, -0.25) is 9.78 Å². The number of aromatic nitrogens is 3. The van der Waals surface area contributed by atoms with Crippen LogP contribution >= 0.6 is 11.6 Å². The number of benzene rings is 2. The number of pyridine rings is 1. The number of furan rings is 1. The minimum atomic E-state index is -3.83. The van der Waals surface area contributed by atoms with Gasteiger partial charge in [-0.15, -0.1) is 0 Å². The second-order valence-corrected chi connectivity index (χ2v) is 9.74. The lowest BCUT2D eigenvalue weighted by Crippen LogP contribution is -2.22. The Bertz CT molecular complexity index is 1560. The van der Waals surface area contributed by atoms with Crippen LogP contribution in [0.2, 0.25) is 5.02 Å².